The lowest BCUT2D eigenvalue weighted by Gasteiger charge is -2.25. The summed E-state index contributed by atoms with van der Waals surface area (Å²) in [6.45, 7) is 7.18. The number of ether oxygens (including phenoxy) is 1. The van der Waals surface area contributed by atoms with Crippen molar-refractivity contribution in [2.45, 2.75) is 33.2 Å². The molecule has 0 heterocycles. The molecule has 0 spiro atoms. The van der Waals surface area contributed by atoms with E-state index in [1.165, 1.54) is 16.8 Å². The summed E-state index contributed by atoms with van der Waals surface area (Å²) in [5.41, 5.74) is 9.43. The number of nitrogens with two attached hydrogens (primary N) is 1. The van der Waals surface area contributed by atoms with Gasteiger partial charge in [0.1, 0.15) is 5.75 Å². The van der Waals surface area contributed by atoms with Gasteiger partial charge in [0, 0.05) is 19.6 Å². The maximum Gasteiger partial charge on any atom is 0.142 e. The second-order valence-corrected chi connectivity index (χ2v) is 4.82. The molecule has 17 heavy (non-hydrogen) atoms. The van der Waals surface area contributed by atoms with Crippen LogP contribution >= 0.6 is 0 Å². The summed E-state index contributed by atoms with van der Waals surface area (Å²) in [4.78, 5) is 2.22. The van der Waals surface area contributed by atoms with E-state index in [9.17, 15) is 0 Å². The molecule has 0 radical (unpaired) electrons. The van der Waals surface area contributed by atoms with Crippen molar-refractivity contribution in [1.82, 2.24) is 0 Å². The lowest BCUT2D eigenvalue weighted by atomic mass is 10.1. The molecule has 96 valence electrons. The van der Waals surface area contributed by atoms with Crippen molar-refractivity contribution < 1.29 is 4.74 Å². The van der Waals surface area contributed by atoms with Crippen LogP contribution in [-0.2, 0) is 0 Å². The van der Waals surface area contributed by atoms with Crippen LogP contribution in [0.4, 0.5) is 5.69 Å². The molecule has 0 aromatic heterocycles. The van der Waals surface area contributed by atoms with Crippen LogP contribution in [0.25, 0.3) is 0 Å². The van der Waals surface area contributed by atoms with E-state index in [1.54, 1.807) is 7.11 Å². The van der Waals surface area contributed by atoms with Gasteiger partial charge in [0.15, 0.2) is 0 Å². The van der Waals surface area contributed by atoms with Crippen LogP contribution in [0.5, 0.6) is 5.75 Å². The highest BCUT2D eigenvalue weighted by Gasteiger charge is 2.12. The third-order valence-electron chi connectivity index (χ3n) is 2.93. The quantitative estimate of drug-likeness (QED) is 0.853. The molecule has 1 unspecified atom stereocenters. The maximum absolute atomic E-state index is 5.79. The molecule has 0 aliphatic heterocycles. The van der Waals surface area contributed by atoms with E-state index >= 15 is 0 Å². The lowest BCUT2D eigenvalue weighted by Crippen LogP contribution is -2.26. The Morgan fingerprint density at radius 1 is 1.35 bits per heavy atom. The van der Waals surface area contributed by atoms with Crippen LogP contribution in [0.15, 0.2) is 12.1 Å². The highest BCUT2D eigenvalue weighted by molar-refractivity contribution is 5.64. The van der Waals surface area contributed by atoms with Crippen molar-refractivity contribution in [2.24, 2.45) is 5.73 Å². The summed E-state index contributed by atoms with van der Waals surface area (Å²) in [6.07, 6.45) is 0.979. The van der Waals surface area contributed by atoms with Crippen molar-refractivity contribution in [2.75, 3.05) is 25.6 Å². The standard InChI is InChI=1S/C14H24N2O/c1-10-8-11(2)14(13(9-10)17-5)16(4)7-6-12(3)15/h8-9,12H,6-7,15H2,1-5H3. The molecule has 1 aromatic rings. The van der Waals surface area contributed by atoms with Gasteiger partial charge in [-0.2, -0.15) is 0 Å². The van der Waals surface area contributed by atoms with Gasteiger partial charge in [-0.05, 0) is 44.4 Å². The molecule has 3 nitrogen and oxygen atoms in total. The fourth-order valence-electron chi connectivity index (χ4n) is 2.07. The van der Waals surface area contributed by atoms with Gasteiger partial charge in [-0.25, -0.2) is 0 Å². The highest BCUT2D eigenvalue weighted by Crippen LogP contribution is 2.32. The number of nitrogens with zero attached hydrogens (tertiary/aromatic N) is 1. The summed E-state index contributed by atoms with van der Waals surface area (Å²) in [5, 5.41) is 0. The average Bonchev–Trinajstić information content (AvgIpc) is 2.24. The normalized spacial score (nSPS) is 12.4. The van der Waals surface area contributed by atoms with Crippen LogP contribution in [0.1, 0.15) is 24.5 Å². The van der Waals surface area contributed by atoms with Crippen molar-refractivity contribution in [3.63, 3.8) is 0 Å². The van der Waals surface area contributed by atoms with Gasteiger partial charge in [0.25, 0.3) is 0 Å². The van der Waals surface area contributed by atoms with Crippen LogP contribution in [-0.4, -0.2) is 26.7 Å². The van der Waals surface area contributed by atoms with Gasteiger partial charge in [-0.1, -0.05) is 6.07 Å². The Morgan fingerprint density at radius 3 is 2.53 bits per heavy atom. The van der Waals surface area contributed by atoms with Crippen molar-refractivity contribution in [3.8, 4) is 5.75 Å². The Kier molecular flexibility index (Phi) is 4.82. The van der Waals surface area contributed by atoms with Crippen LogP contribution in [0, 0.1) is 13.8 Å². The second-order valence-electron chi connectivity index (χ2n) is 4.82. The number of hydrogen-bond donors (Lipinski definition) is 1. The smallest absolute Gasteiger partial charge is 0.142 e. The zero-order valence-corrected chi connectivity index (χ0v) is 11.6. The Balaban J connectivity index is 2.95. The van der Waals surface area contributed by atoms with Gasteiger partial charge in [-0.15, -0.1) is 0 Å². The van der Waals surface area contributed by atoms with E-state index in [0.29, 0.717) is 0 Å². The van der Waals surface area contributed by atoms with E-state index in [2.05, 4.69) is 37.9 Å². The SMILES string of the molecule is COc1cc(C)cc(C)c1N(C)CCC(C)N. The van der Waals surface area contributed by atoms with Gasteiger partial charge in [0.2, 0.25) is 0 Å². The number of rotatable bonds is 5. The first-order chi connectivity index (χ1) is 7.95. The van der Waals surface area contributed by atoms with Crippen molar-refractivity contribution in [3.05, 3.63) is 23.3 Å². The van der Waals surface area contributed by atoms with Gasteiger partial charge in [-0.3, -0.25) is 0 Å². The third kappa shape index (κ3) is 3.63. The predicted molar refractivity (Wildman–Crippen MR) is 74.0 cm³/mol. The Labute approximate surface area is 105 Å². The molecule has 1 rings (SSSR count). The van der Waals surface area contributed by atoms with Gasteiger partial charge in [0.05, 0.1) is 12.8 Å². The first kappa shape index (κ1) is 13.8. The zero-order valence-electron chi connectivity index (χ0n) is 11.6. The minimum absolute atomic E-state index is 0.231. The molecule has 2 N–H and O–H groups in total. The molecular formula is C14H24N2O. The fourth-order valence-corrected chi connectivity index (χ4v) is 2.07. The topological polar surface area (TPSA) is 38.5 Å². The van der Waals surface area contributed by atoms with Gasteiger partial charge < -0.3 is 15.4 Å². The first-order valence-corrected chi connectivity index (χ1v) is 6.07. The molecule has 1 aromatic carbocycles. The van der Waals surface area contributed by atoms with E-state index < -0.39 is 0 Å². The first-order valence-electron chi connectivity index (χ1n) is 6.07. The molecule has 0 fully saturated rings. The fraction of sp³-hybridized carbons (Fsp3) is 0.571. The minimum atomic E-state index is 0.231. The van der Waals surface area contributed by atoms with E-state index in [4.69, 9.17) is 10.5 Å². The summed E-state index contributed by atoms with van der Waals surface area (Å²) < 4.78 is 5.46. The number of anilines is 1. The molecule has 1 atom stereocenters. The Hall–Kier alpha value is -1.22. The van der Waals surface area contributed by atoms with Crippen LogP contribution < -0.4 is 15.4 Å². The largest absolute Gasteiger partial charge is 0.495 e. The maximum atomic E-state index is 5.79. The molecule has 0 aliphatic carbocycles. The number of methoxy groups -OCH3 is 1. The summed E-state index contributed by atoms with van der Waals surface area (Å²) >= 11 is 0. The van der Waals surface area contributed by atoms with E-state index in [0.717, 1.165) is 18.7 Å². The van der Waals surface area contributed by atoms with E-state index in [1.807, 2.05) is 6.92 Å². The van der Waals surface area contributed by atoms with Crippen LogP contribution in [0.2, 0.25) is 0 Å². The van der Waals surface area contributed by atoms with Crippen LogP contribution in [0.3, 0.4) is 0 Å². The Morgan fingerprint density at radius 2 is 2.00 bits per heavy atom. The molecule has 0 amide bonds. The third-order valence-corrected chi connectivity index (χ3v) is 2.93. The number of hydrogen-bond acceptors (Lipinski definition) is 3. The number of aryl methyl sites for hydroxylation is 2. The lowest BCUT2D eigenvalue weighted by molar-refractivity contribution is 0.414. The summed E-state index contributed by atoms with van der Waals surface area (Å²) in [5.74, 6) is 0.940. The zero-order chi connectivity index (χ0) is 13.0. The molecule has 0 saturated carbocycles. The summed E-state index contributed by atoms with van der Waals surface area (Å²) in [6, 6.07) is 4.49. The minimum Gasteiger partial charge on any atom is -0.495 e. The second kappa shape index (κ2) is 5.92. The summed E-state index contributed by atoms with van der Waals surface area (Å²) in [7, 11) is 3.81. The number of benzene rings is 1. The molecule has 0 saturated heterocycles. The van der Waals surface area contributed by atoms with Crippen molar-refractivity contribution >= 4 is 5.69 Å². The molecule has 0 aliphatic rings. The average molecular weight is 236 g/mol. The molecule has 3 heteroatoms. The monoisotopic (exact) mass is 236 g/mol. The van der Waals surface area contributed by atoms with Crippen molar-refractivity contribution in [1.29, 1.82) is 0 Å². The molecular weight excluding hydrogens is 212 g/mol. The highest BCUT2D eigenvalue weighted by atomic mass is 16.5. The Bertz CT molecular complexity index is 375. The predicted octanol–water partition coefficient (Wildman–Crippen LogP) is 2.49. The molecule has 0 bridgehead atoms. The van der Waals surface area contributed by atoms with E-state index in [-0.39, 0.29) is 6.04 Å². The van der Waals surface area contributed by atoms with Gasteiger partial charge >= 0.3 is 0 Å².